The Morgan fingerprint density at radius 1 is 1.15 bits per heavy atom. The molecule has 1 atom stereocenters. The molecule has 0 spiro atoms. The quantitative estimate of drug-likeness (QED) is 0.345. The summed E-state index contributed by atoms with van der Waals surface area (Å²) in [5, 5.41) is 7.66. The van der Waals surface area contributed by atoms with E-state index in [2.05, 4.69) is 25.5 Å². The van der Waals surface area contributed by atoms with Crippen LogP contribution in [-0.4, -0.2) is 67.1 Å². The van der Waals surface area contributed by atoms with Crippen molar-refractivity contribution in [2.24, 2.45) is 0 Å². The van der Waals surface area contributed by atoms with E-state index in [4.69, 9.17) is 16.3 Å². The molecule has 1 unspecified atom stereocenters. The van der Waals surface area contributed by atoms with E-state index in [0.717, 1.165) is 31.9 Å². The van der Waals surface area contributed by atoms with Crippen LogP contribution in [0.3, 0.4) is 0 Å². The minimum atomic E-state index is -3.85. The number of piperazine rings is 1. The van der Waals surface area contributed by atoms with Crippen molar-refractivity contribution in [2.45, 2.75) is 24.4 Å². The van der Waals surface area contributed by atoms with Gasteiger partial charge in [0.15, 0.2) is 5.75 Å². The Labute approximate surface area is 242 Å². The molecular weight excluding hydrogens is 566 g/mol. The van der Waals surface area contributed by atoms with Gasteiger partial charge in [-0.25, -0.2) is 13.4 Å². The van der Waals surface area contributed by atoms with Crippen LogP contribution in [0.1, 0.15) is 18.7 Å². The zero-order chi connectivity index (χ0) is 28.7. The first-order valence-corrected chi connectivity index (χ1v) is 15.2. The number of ether oxygens (including phenoxy) is 1. The third-order valence-corrected chi connectivity index (χ3v) is 9.71. The van der Waals surface area contributed by atoms with Gasteiger partial charge in [0, 0.05) is 56.9 Å². The van der Waals surface area contributed by atoms with Crippen molar-refractivity contribution >= 4 is 50.0 Å². The largest absolute Gasteiger partial charge is 0.488 e. The van der Waals surface area contributed by atoms with Gasteiger partial charge in [-0.15, -0.1) is 0 Å². The summed E-state index contributed by atoms with van der Waals surface area (Å²) in [6.07, 6.45) is 1.01. The lowest BCUT2D eigenvalue weighted by atomic mass is 10.1. The fourth-order valence-electron chi connectivity index (χ4n) is 5.38. The van der Waals surface area contributed by atoms with Crippen LogP contribution in [0.5, 0.6) is 5.75 Å². The number of sulfonamides is 1. The molecule has 1 saturated heterocycles. The number of hydrogen-bond donors (Lipinski definition) is 2. The number of nitrogens with one attached hydrogen (secondary N) is 2. The normalized spacial score (nSPS) is 18.7. The Balaban J connectivity index is 1.42. The molecule has 0 saturated carbocycles. The number of fused-ring (bicyclic) bond motifs is 2. The van der Waals surface area contributed by atoms with Crippen molar-refractivity contribution in [2.75, 3.05) is 50.1 Å². The van der Waals surface area contributed by atoms with Gasteiger partial charge < -0.3 is 20.3 Å². The molecule has 11 nitrogen and oxygen atoms in total. The van der Waals surface area contributed by atoms with Gasteiger partial charge >= 0.3 is 0 Å². The zero-order valence-corrected chi connectivity index (χ0v) is 24.2. The number of pyridine rings is 1. The predicted octanol–water partition coefficient (Wildman–Crippen LogP) is 3.37. The molecule has 0 aliphatic carbocycles. The second-order valence-corrected chi connectivity index (χ2v) is 12.3. The molecule has 1 fully saturated rings. The molecule has 41 heavy (non-hydrogen) atoms. The van der Waals surface area contributed by atoms with Crippen LogP contribution in [0.4, 0.5) is 17.3 Å². The van der Waals surface area contributed by atoms with E-state index in [0.29, 0.717) is 21.7 Å². The van der Waals surface area contributed by atoms with E-state index < -0.39 is 21.7 Å². The van der Waals surface area contributed by atoms with Crippen molar-refractivity contribution in [1.29, 1.82) is 0 Å². The zero-order valence-electron chi connectivity index (χ0n) is 22.7. The third kappa shape index (κ3) is 5.01. The molecule has 0 amide bonds. The standard InChI is InChI=1S/C28H30ClN7O4S/c1-3-40-23-14-19-17-31-28(32-20-8-9-22(21(29)16-20)35-12-10-30-11-13-35)33-26(19)36(27(23)37)25-15-18-6-4-5-7-24(18)41(38,39)34(25)2/h4-9,14,16-17,25,30H,3,10-13,15H2,1-2H3,(H,31,32,33). The van der Waals surface area contributed by atoms with Gasteiger partial charge in [0.1, 0.15) is 11.8 Å². The van der Waals surface area contributed by atoms with Crippen LogP contribution in [-0.2, 0) is 16.4 Å². The first-order valence-electron chi connectivity index (χ1n) is 13.4. The van der Waals surface area contributed by atoms with Gasteiger partial charge in [-0.1, -0.05) is 29.8 Å². The number of hydrogen-bond acceptors (Lipinski definition) is 9. The van der Waals surface area contributed by atoms with Crippen molar-refractivity contribution in [1.82, 2.24) is 24.2 Å². The van der Waals surface area contributed by atoms with Crippen molar-refractivity contribution < 1.29 is 13.2 Å². The maximum atomic E-state index is 13.8. The van der Waals surface area contributed by atoms with Crippen LogP contribution in [0.25, 0.3) is 11.0 Å². The Kier molecular flexibility index (Phi) is 7.32. The second-order valence-electron chi connectivity index (χ2n) is 9.93. The molecule has 4 aromatic rings. The summed E-state index contributed by atoms with van der Waals surface area (Å²) >= 11 is 6.64. The first-order chi connectivity index (χ1) is 19.8. The average Bonchev–Trinajstić information content (AvgIpc) is 2.97. The van der Waals surface area contributed by atoms with Gasteiger partial charge in [0.2, 0.25) is 16.0 Å². The van der Waals surface area contributed by atoms with E-state index in [1.807, 2.05) is 18.2 Å². The van der Waals surface area contributed by atoms with Gasteiger partial charge in [-0.3, -0.25) is 9.36 Å². The van der Waals surface area contributed by atoms with E-state index in [9.17, 15) is 13.2 Å². The SMILES string of the molecule is CCOc1cc2cnc(Nc3ccc(N4CCNCC4)c(Cl)c3)nc2n(C2Cc3ccccc3S(=O)(=O)N2C)c1=O. The van der Waals surface area contributed by atoms with Crippen molar-refractivity contribution in [3.63, 3.8) is 0 Å². The monoisotopic (exact) mass is 595 g/mol. The highest BCUT2D eigenvalue weighted by Gasteiger charge is 2.38. The molecule has 6 rings (SSSR count). The number of likely N-dealkylation sites (N-methyl/N-ethyl adjacent to an activating group) is 1. The van der Waals surface area contributed by atoms with E-state index in [1.54, 1.807) is 43.5 Å². The molecule has 2 aliphatic heterocycles. The highest BCUT2D eigenvalue weighted by atomic mass is 35.5. The number of benzene rings is 2. The first kappa shape index (κ1) is 27.5. The summed E-state index contributed by atoms with van der Waals surface area (Å²) in [7, 11) is -2.38. The molecule has 2 aliphatic rings. The van der Waals surface area contributed by atoms with Crippen LogP contribution in [0, 0.1) is 0 Å². The van der Waals surface area contributed by atoms with E-state index in [1.165, 1.54) is 15.9 Å². The maximum absolute atomic E-state index is 13.8. The summed E-state index contributed by atoms with van der Waals surface area (Å²) < 4.78 is 35.1. The molecule has 2 N–H and O–H groups in total. The molecule has 214 valence electrons. The number of anilines is 3. The maximum Gasteiger partial charge on any atom is 0.295 e. The highest BCUT2D eigenvalue weighted by molar-refractivity contribution is 7.89. The Morgan fingerprint density at radius 2 is 1.93 bits per heavy atom. The molecule has 0 bridgehead atoms. The minimum Gasteiger partial charge on any atom is -0.488 e. The van der Waals surface area contributed by atoms with Gasteiger partial charge in [-0.05, 0) is 42.8 Å². The highest BCUT2D eigenvalue weighted by Crippen LogP contribution is 2.35. The molecule has 0 radical (unpaired) electrons. The predicted molar refractivity (Wildman–Crippen MR) is 159 cm³/mol. The lowest BCUT2D eigenvalue weighted by molar-refractivity contribution is 0.263. The van der Waals surface area contributed by atoms with E-state index in [-0.39, 0.29) is 35.3 Å². The average molecular weight is 596 g/mol. The Morgan fingerprint density at radius 3 is 2.68 bits per heavy atom. The lowest BCUT2D eigenvalue weighted by Crippen LogP contribution is -2.44. The fraction of sp³-hybridized carbons (Fsp3) is 0.321. The molecule has 13 heteroatoms. The summed E-state index contributed by atoms with van der Waals surface area (Å²) in [6.45, 7) is 5.60. The number of nitrogens with zero attached hydrogens (tertiary/aromatic N) is 5. The lowest BCUT2D eigenvalue weighted by Gasteiger charge is -2.34. The number of halogens is 1. The molecule has 2 aromatic heterocycles. The minimum absolute atomic E-state index is 0.101. The van der Waals surface area contributed by atoms with Gasteiger partial charge in [0.05, 0.1) is 22.2 Å². The van der Waals surface area contributed by atoms with Crippen LogP contribution in [0.2, 0.25) is 5.02 Å². The summed E-state index contributed by atoms with van der Waals surface area (Å²) in [5.41, 5.74) is 2.07. The number of rotatable bonds is 6. The molecule has 2 aromatic carbocycles. The van der Waals surface area contributed by atoms with Gasteiger partial charge in [-0.2, -0.15) is 9.29 Å². The number of aromatic nitrogens is 3. The van der Waals surface area contributed by atoms with Crippen molar-refractivity contribution in [3.8, 4) is 5.75 Å². The Hall–Kier alpha value is -3.71. The van der Waals surface area contributed by atoms with Crippen LogP contribution < -0.4 is 25.8 Å². The second kappa shape index (κ2) is 10.9. The van der Waals surface area contributed by atoms with E-state index >= 15 is 0 Å². The van der Waals surface area contributed by atoms with Crippen LogP contribution >= 0.6 is 11.6 Å². The molecule has 4 heterocycles. The smallest absolute Gasteiger partial charge is 0.295 e. The summed E-state index contributed by atoms with van der Waals surface area (Å²) in [6, 6.07) is 14.1. The fourth-order valence-corrected chi connectivity index (χ4v) is 7.22. The summed E-state index contributed by atoms with van der Waals surface area (Å²) in [5.74, 6) is 0.340. The Bertz CT molecular complexity index is 1790. The van der Waals surface area contributed by atoms with Crippen LogP contribution in [0.15, 0.2) is 64.4 Å². The van der Waals surface area contributed by atoms with Crippen molar-refractivity contribution in [3.05, 3.63) is 75.7 Å². The summed E-state index contributed by atoms with van der Waals surface area (Å²) in [4.78, 5) is 25.4. The third-order valence-electron chi connectivity index (χ3n) is 7.45. The topological polar surface area (TPSA) is 122 Å². The molecular formula is C28H30ClN7O4S. The van der Waals surface area contributed by atoms with Gasteiger partial charge in [0.25, 0.3) is 5.56 Å².